The number of nitrogens with one attached hydrogen (secondary N) is 1. The van der Waals surface area contributed by atoms with E-state index >= 15 is 0 Å². The second-order valence-electron chi connectivity index (χ2n) is 7.05. The zero-order valence-electron chi connectivity index (χ0n) is 17.5. The van der Waals surface area contributed by atoms with Gasteiger partial charge in [0.15, 0.2) is 11.5 Å². The summed E-state index contributed by atoms with van der Waals surface area (Å²) in [5.74, 6) is -0.0511. The number of halogens is 1. The topological polar surface area (TPSA) is 88.2 Å². The molecule has 0 radical (unpaired) electrons. The third kappa shape index (κ3) is 5.52. The Labute approximate surface area is 181 Å². The number of methoxy groups -OCH3 is 2. The summed E-state index contributed by atoms with van der Waals surface area (Å²) in [5, 5.41) is 3.16. The molecule has 3 rings (SSSR count). The molecule has 1 saturated heterocycles. The normalized spacial score (nSPS) is 14.5. The number of nitrogens with zero attached hydrogens (tertiary/aromatic N) is 2. The molecule has 1 N–H and O–H groups in total. The van der Waals surface area contributed by atoms with Crippen molar-refractivity contribution >= 4 is 15.9 Å². The molecule has 2 aromatic carbocycles. The number of carbonyl (C=O) groups excluding carboxylic acids is 1. The zero-order chi connectivity index (χ0) is 22.4. The van der Waals surface area contributed by atoms with Crippen LogP contribution in [0.25, 0.3) is 0 Å². The standard InChI is InChI=1S/C21H26FN3O5S/c1-29-19-8-7-18(13-20(19)30-2)31(27,28)25(14-16-3-5-17(22)6-4-16)15-21(26)24-11-9-23-10-12-24/h3-8,13,23H,9-12,14-15H2,1-2H3. The van der Waals surface area contributed by atoms with E-state index in [1.54, 1.807) is 4.90 Å². The SMILES string of the molecule is COc1ccc(S(=O)(=O)N(CC(=O)N2CCNCC2)Cc2ccc(F)cc2)cc1OC. The molecule has 0 spiro atoms. The quantitative estimate of drug-likeness (QED) is 0.654. The summed E-state index contributed by atoms with van der Waals surface area (Å²) in [6.45, 7) is 1.94. The molecule has 0 unspecified atom stereocenters. The molecule has 0 aliphatic carbocycles. The highest BCUT2D eigenvalue weighted by molar-refractivity contribution is 7.89. The van der Waals surface area contributed by atoms with Crippen molar-refractivity contribution < 1.29 is 27.1 Å². The highest BCUT2D eigenvalue weighted by Crippen LogP contribution is 2.31. The number of rotatable bonds is 8. The predicted octanol–water partition coefficient (Wildman–Crippen LogP) is 1.47. The van der Waals surface area contributed by atoms with Crippen molar-refractivity contribution in [1.82, 2.24) is 14.5 Å². The molecule has 0 atom stereocenters. The Morgan fingerprint density at radius 3 is 2.32 bits per heavy atom. The first-order chi connectivity index (χ1) is 14.8. The highest BCUT2D eigenvalue weighted by Gasteiger charge is 2.30. The van der Waals surface area contributed by atoms with E-state index in [4.69, 9.17) is 9.47 Å². The summed E-state index contributed by atoms with van der Waals surface area (Å²) in [6.07, 6.45) is 0. The van der Waals surface area contributed by atoms with Crippen molar-refractivity contribution in [2.75, 3.05) is 46.9 Å². The molecule has 31 heavy (non-hydrogen) atoms. The van der Waals surface area contributed by atoms with Crippen LogP contribution in [-0.2, 0) is 21.4 Å². The Morgan fingerprint density at radius 2 is 1.71 bits per heavy atom. The van der Waals surface area contributed by atoms with E-state index < -0.39 is 15.8 Å². The van der Waals surface area contributed by atoms with E-state index in [0.29, 0.717) is 37.5 Å². The number of carbonyl (C=O) groups is 1. The van der Waals surface area contributed by atoms with Gasteiger partial charge in [-0.3, -0.25) is 4.79 Å². The molecule has 0 aromatic heterocycles. The Bertz CT molecular complexity index is 1010. The predicted molar refractivity (Wildman–Crippen MR) is 113 cm³/mol. The maximum Gasteiger partial charge on any atom is 0.243 e. The summed E-state index contributed by atoms with van der Waals surface area (Å²) in [5.41, 5.74) is 0.568. The molecule has 1 aliphatic heterocycles. The molecular weight excluding hydrogens is 425 g/mol. The third-order valence-electron chi connectivity index (χ3n) is 5.05. The van der Waals surface area contributed by atoms with Crippen molar-refractivity contribution in [3.05, 3.63) is 53.8 Å². The average molecular weight is 452 g/mol. The Kier molecular flexibility index (Phi) is 7.47. The van der Waals surface area contributed by atoms with Crippen molar-refractivity contribution in [2.45, 2.75) is 11.4 Å². The lowest BCUT2D eigenvalue weighted by molar-refractivity contribution is -0.132. The van der Waals surface area contributed by atoms with Crippen LogP contribution >= 0.6 is 0 Å². The molecule has 1 fully saturated rings. The van der Waals surface area contributed by atoms with Gasteiger partial charge < -0.3 is 19.7 Å². The molecule has 0 bridgehead atoms. The summed E-state index contributed by atoms with van der Waals surface area (Å²) < 4.78 is 51.7. The fourth-order valence-corrected chi connectivity index (χ4v) is 4.70. The van der Waals surface area contributed by atoms with Gasteiger partial charge in [0.25, 0.3) is 0 Å². The largest absolute Gasteiger partial charge is 0.493 e. The Morgan fingerprint density at radius 1 is 1.06 bits per heavy atom. The van der Waals surface area contributed by atoms with Crippen LogP contribution < -0.4 is 14.8 Å². The highest BCUT2D eigenvalue weighted by atomic mass is 32.2. The van der Waals surface area contributed by atoms with Gasteiger partial charge in [-0.25, -0.2) is 12.8 Å². The minimum atomic E-state index is -4.06. The summed E-state index contributed by atoms with van der Waals surface area (Å²) in [6, 6.07) is 9.79. The van der Waals surface area contributed by atoms with E-state index in [2.05, 4.69) is 5.32 Å². The maximum atomic E-state index is 13.5. The Hall–Kier alpha value is -2.69. The maximum absolute atomic E-state index is 13.5. The van der Waals surface area contributed by atoms with Crippen LogP contribution in [0.1, 0.15) is 5.56 Å². The van der Waals surface area contributed by atoms with Crippen molar-refractivity contribution in [3.8, 4) is 11.5 Å². The number of benzene rings is 2. The molecule has 1 aliphatic rings. The van der Waals surface area contributed by atoms with Crippen LogP contribution in [-0.4, -0.2) is 70.5 Å². The van der Waals surface area contributed by atoms with Crippen LogP contribution in [0.15, 0.2) is 47.4 Å². The van der Waals surface area contributed by atoms with E-state index in [1.807, 2.05) is 0 Å². The summed E-state index contributed by atoms with van der Waals surface area (Å²) in [7, 11) is -1.19. The van der Waals surface area contributed by atoms with Gasteiger partial charge in [-0.05, 0) is 29.8 Å². The van der Waals surface area contributed by atoms with Gasteiger partial charge in [0.2, 0.25) is 15.9 Å². The van der Waals surface area contributed by atoms with E-state index in [1.165, 1.54) is 56.7 Å². The van der Waals surface area contributed by atoms with Crippen LogP contribution in [0.4, 0.5) is 4.39 Å². The first kappa shape index (κ1) is 23.0. The number of amides is 1. The fourth-order valence-electron chi connectivity index (χ4n) is 3.31. The number of sulfonamides is 1. The van der Waals surface area contributed by atoms with Gasteiger partial charge in [0.05, 0.1) is 25.7 Å². The lowest BCUT2D eigenvalue weighted by atomic mass is 10.2. The third-order valence-corrected chi connectivity index (χ3v) is 6.83. The van der Waals surface area contributed by atoms with Gasteiger partial charge in [0.1, 0.15) is 5.82 Å². The van der Waals surface area contributed by atoms with Gasteiger partial charge >= 0.3 is 0 Å². The van der Waals surface area contributed by atoms with Crippen LogP contribution in [0, 0.1) is 5.82 Å². The molecule has 10 heteroatoms. The molecule has 0 saturated carbocycles. The Balaban J connectivity index is 1.93. The average Bonchev–Trinajstić information content (AvgIpc) is 2.79. The summed E-state index contributed by atoms with van der Waals surface area (Å²) in [4.78, 5) is 14.5. The molecule has 1 amide bonds. The second-order valence-corrected chi connectivity index (χ2v) is 8.99. The van der Waals surface area contributed by atoms with Crippen LogP contribution in [0.3, 0.4) is 0 Å². The smallest absolute Gasteiger partial charge is 0.243 e. The van der Waals surface area contributed by atoms with Gasteiger partial charge in [-0.2, -0.15) is 4.31 Å². The number of piperazine rings is 1. The monoisotopic (exact) mass is 451 g/mol. The number of hydrogen-bond acceptors (Lipinski definition) is 6. The van der Waals surface area contributed by atoms with E-state index in [-0.39, 0.29) is 29.6 Å². The summed E-state index contributed by atoms with van der Waals surface area (Å²) >= 11 is 0. The molecule has 2 aromatic rings. The molecule has 8 nitrogen and oxygen atoms in total. The lowest BCUT2D eigenvalue weighted by Gasteiger charge is -2.30. The van der Waals surface area contributed by atoms with Crippen LogP contribution in [0.5, 0.6) is 11.5 Å². The minimum absolute atomic E-state index is 0.0274. The molecular formula is C21H26FN3O5S. The van der Waals surface area contributed by atoms with Crippen molar-refractivity contribution in [1.29, 1.82) is 0 Å². The first-order valence-corrected chi connectivity index (χ1v) is 11.2. The molecule has 1 heterocycles. The molecule has 168 valence electrons. The van der Waals surface area contributed by atoms with Gasteiger partial charge in [-0.15, -0.1) is 0 Å². The lowest BCUT2D eigenvalue weighted by Crippen LogP contribution is -2.50. The van der Waals surface area contributed by atoms with E-state index in [9.17, 15) is 17.6 Å². The van der Waals surface area contributed by atoms with Crippen molar-refractivity contribution in [2.24, 2.45) is 0 Å². The number of hydrogen-bond donors (Lipinski definition) is 1. The van der Waals surface area contributed by atoms with Gasteiger partial charge in [-0.1, -0.05) is 12.1 Å². The first-order valence-electron chi connectivity index (χ1n) is 9.80. The minimum Gasteiger partial charge on any atom is -0.493 e. The fraction of sp³-hybridized carbons (Fsp3) is 0.381. The van der Waals surface area contributed by atoms with Crippen LogP contribution in [0.2, 0.25) is 0 Å². The van der Waals surface area contributed by atoms with E-state index in [0.717, 1.165) is 4.31 Å². The second kappa shape index (κ2) is 10.1. The zero-order valence-corrected chi connectivity index (χ0v) is 18.3. The van der Waals surface area contributed by atoms with Crippen molar-refractivity contribution in [3.63, 3.8) is 0 Å². The van der Waals surface area contributed by atoms with Gasteiger partial charge in [0, 0.05) is 38.8 Å². The number of ether oxygens (including phenoxy) is 2.